The predicted octanol–water partition coefficient (Wildman–Crippen LogP) is 3.30. The third-order valence-electron chi connectivity index (χ3n) is 4.53. The molecule has 0 radical (unpaired) electrons. The Balaban J connectivity index is 1.88. The van der Waals surface area contributed by atoms with E-state index in [1.165, 1.54) is 0 Å². The Bertz CT molecular complexity index is 734. The summed E-state index contributed by atoms with van der Waals surface area (Å²) in [5.41, 5.74) is 2.05. The van der Waals surface area contributed by atoms with Crippen LogP contribution < -0.4 is 4.74 Å². The van der Waals surface area contributed by atoms with Crippen molar-refractivity contribution in [2.45, 2.75) is 44.9 Å². The van der Waals surface area contributed by atoms with Gasteiger partial charge in [0.1, 0.15) is 11.4 Å². The highest BCUT2D eigenvalue weighted by molar-refractivity contribution is 5.83. The summed E-state index contributed by atoms with van der Waals surface area (Å²) >= 11 is 0. The fourth-order valence-corrected chi connectivity index (χ4v) is 3.44. The normalized spacial score (nSPS) is 22.5. The van der Waals surface area contributed by atoms with E-state index in [-0.39, 0.29) is 18.2 Å². The highest BCUT2D eigenvalue weighted by atomic mass is 16.6. The average Bonchev–Trinajstić information content (AvgIpc) is 2.58. The highest BCUT2D eigenvalue weighted by Crippen LogP contribution is 2.34. The van der Waals surface area contributed by atoms with Gasteiger partial charge in [-0.05, 0) is 50.5 Å². The van der Waals surface area contributed by atoms with Gasteiger partial charge in [0, 0.05) is 0 Å². The smallest absolute Gasteiger partial charge is 0.411 e. The van der Waals surface area contributed by atoms with E-state index in [2.05, 4.69) is 0 Å². The van der Waals surface area contributed by atoms with Gasteiger partial charge in [0.15, 0.2) is 6.29 Å². The molecule has 1 aromatic carbocycles. The maximum absolute atomic E-state index is 12.6. The van der Waals surface area contributed by atoms with E-state index in [0.717, 1.165) is 17.4 Å². The Morgan fingerprint density at radius 2 is 2.08 bits per heavy atom. The second-order valence-electron chi connectivity index (χ2n) is 7.62. The summed E-state index contributed by atoms with van der Waals surface area (Å²) < 4.78 is 16.4. The molecule has 0 saturated carbocycles. The van der Waals surface area contributed by atoms with Crippen LogP contribution in [0.3, 0.4) is 0 Å². The van der Waals surface area contributed by atoms with Crippen LogP contribution in [0.15, 0.2) is 24.3 Å². The van der Waals surface area contributed by atoms with E-state index in [4.69, 9.17) is 14.2 Å². The summed E-state index contributed by atoms with van der Waals surface area (Å²) in [5.74, 6) is 0.555. The van der Waals surface area contributed by atoms with Crippen LogP contribution in [0.4, 0.5) is 4.79 Å². The molecule has 6 nitrogen and oxygen atoms in total. The third-order valence-corrected chi connectivity index (χ3v) is 4.53. The van der Waals surface area contributed by atoms with Gasteiger partial charge in [-0.3, -0.25) is 9.69 Å². The number of hydrogen-bond acceptors (Lipinski definition) is 5. The van der Waals surface area contributed by atoms with Crippen LogP contribution in [0.5, 0.6) is 5.75 Å². The Labute approximate surface area is 153 Å². The molecule has 2 atom stereocenters. The van der Waals surface area contributed by atoms with E-state index < -0.39 is 5.60 Å². The summed E-state index contributed by atoms with van der Waals surface area (Å²) in [6, 6.07) is 5.32. The molecule has 2 bridgehead atoms. The molecule has 1 aromatic rings. The lowest BCUT2D eigenvalue weighted by molar-refractivity contribution is -0.0510. The molecule has 1 fully saturated rings. The number of methoxy groups -OCH3 is 1. The van der Waals surface area contributed by atoms with Gasteiger partial charge in [-0.25, -0.2) is 4.79 Å². The monoisotopic (exact) mass is 359 g/mol. The van der Waals surface area contributed by atoms with Crippen LogP contribution in [-0.4, -0.2) is 55.3 Å². The molecule has 2 aliphatic rings. The van der Waals surface area contributed by atoms with Gasteiger partial charge in [0.25, 0.3) is 0 Å². The van der Waals surface area contributed by atoms with Gasteiger partial charge in [0.05, 0.1) is 38.0 Å². The molecule has 2 unspecified atom stereocenters. The average molecular weight is 359 g/mol. The van der Waals surface area contributed by atoms with Crippen molar-refractivity contribution in [2.75, 3.05) is 20.3 Å². The van der Waals surface area contributed by atoms with Crippen LogP contribution in [0, 0.1) is 0 Å². The number of morpholine rings is 1. The first-order valence-corrected chi connectivity index (χ1v) is 8.75. The minimum atomic E-state index is -0.537. The van der Waals surface area contributed by atoms with Crippen LogP contribution in [0.1, 0.15) is 43.1 Å². The zero-order chi connectivity index (χ0) is 18.9. The Morgan fingerprint density at radius 3 is 2.69 bits per heavy atom. The second-order valence-corrected chi connectivity index (χ2v) is 7.62. The predicted molar refractivity (Wildman–Crippen MR) is 97.4 cm³/mol. The topological polar surface area (TPSA) is 65.1 Å². The summed E-state index contributed by atoms with van der Waals surface area (Å²) in [7, 11) is 1.54. The molecule has 0 aliphatic carbocycles. The Morgan fingerprint density at radius 1 is 1.31 bits per heavy atom. The summed E-state index contributed by atoms with van der Waals surface area (Å²) in [6.07, 6.45) is 3.17. The number of carbonyl (C=O) groups is 2. The third kappa shape index (κ3) is 3.75. The number of hydrogen-bond donors (Lipinski definition) is 0. The van der Waals surface area contributed by atoms with Crippen molar-refractivity contribution in [2.24, 2.45) is 0 Å². The molecule has 0 spiro atoms. The number of benzene rings is 1. The number of aldehydes is 1. The van der Waals surface area contributed by atoms with Gasteiger partial charge < -0.3 is 14.2 Å². The molecule has 3 rings (SSSR count). The zero-order valence-electron chi connectivity index (χ0n) is 15.7. The molecule has 0 N–H and O–H groups in total. The van der Waals surface area contributed by atoms with Crippen LogP contribution >= 0.6 is 0 Å². The first-order chi connectivity index (χ1) is 12.3. The molecular formula is C20H25NO5. The van der Waals surface area contributed by atoms with Crippen molar-refractivity contribution < 1.29 is 23.8 Å². The Hall–Kier alpha value is -2.34. The minimum Gasteiger partial charge on any atom is -0.496 e. The largest absolute Gasteiger partial charge is 0.496 e. The Kier molecular flexibility index (Phi) is 5.05. The standard InChI is InChI=1S/C20H25NO5/c1-20(2,3)26-19(23)21-16-8-14(9-17(21)12-25-11-16)13-5-6-18(24-4)15(7-13)10-22/h5-8,10,16-17H,9,11-12H2,1-4H3. The van der Waals surface area contributed by atoms with Crippen molar-refractivity contribution in [1.29, 1.82) is 0 Å². The van der Waals surface area contributed by atoms with Crippen molar-refractivity contribution in [3.05, 3.63) is 35.4 Å². The quantitative estimate of drug-likeness (QED) is 0.775. The molecule has 140 valence electrons. The van der Waals surface area contributed by atoms with Crippen molar-refractivity contribution >= 4 is 18.0 Å². The number of rotatable bonds is 3. The number of amides is 1. The van der Waals surface area contributed by atoms with E-state index in [1.807, 2.05) is 39.0 Å². The number of fused-ring (bicyclic) bond motifs is 2. The maximum Gasteiger partial charge on any atom is 0.411 e. The molecule has 26 heavy (non-hydrogen) atoms. The summed E-state index contributed by atoms with van der Waals surface area (Å²) in [5, 5.41) is 0. The van der Waals surface area contributed by atoms with Gasteiger partial charge in [-0.15, -0.1) is 0 Å². The van der Waals surface area contributed by atoms with Crippen molar-refractivity contribution in [1.82, 2.24) is 4.90 Å². The lowest BCUT2D eigenvalue weighted by Crippen LogP contribution is -2.57. The van der Waals surface area contributed by atoms with Crippen molar-refractivity contribution in [3.63, 3.8) is 0 Å². The van der Waals surface area contributed by atoms with E-state index in [1.54, 1.807) is 18.1 Å². The molecule has 2 aliphatic heterocycles. The summed E-state index contributed by atoms with van der Waals surface area (Å²) in [6.45, 7) is 6.50. The molecule has 1 saturated heterocycles. The van der Waals surface area contributed by atoms with E-state index in [0.29, 0.717) is 30.9 Å². The molecule has 6 heteroatoms. The number of carbonyl (C=O) groups excluding carboxylic acids is 2. The fourth-order valence-electron chi connectivity index (χ4n) is 3.44. The van der Waals surface area contributed by atoms with Crippen LogP contribution in [-0.2, 0) is 9.47 Å². The molecular weight excluding hydrogens is 334 g/mol. The number of nitrogens with zero attached hydrogens (tertiary/aromatic N) is 1. The van der Waals surface area contributed by atoms with Gasteiger partial charge in [0.2, 0.25) is 0 Å². The van der Waals surface area contributed by atoms with E-state index >= 15 is 0 Å². The first-order valence-electron chi connectivity index (χ1n) is 8.75. The highest BCUT2D eigenvalue weighted by Gasteiger charge is 2.40. The SMILES string of the molecule is COc1ccc(C2=CC3COCC(C2)N3C(=O)OC(C)(C)C)cc1C=O. The summed E-state index contributed by atoms with van der Waals surface area (Å²) in [4.78, 5) is 25.7. The second kappa shape index (κ2) is 7.11. The zero-order valence-corrected chi connectivity index (χ0v) is 15.7. The molecule has 0 aromatic heterocycles. The first kappa shape index (κ1) is 18.5. The fraction of sp³-hybridized carbons (Fsp3) is 0.500. The van der Waals surface area contributed by atoms with Crippen LogP contribution in [0.25, 0.3) is 5.57 Å². The van der Waals surface area contributed by atoms with Gasteiger partial charge in [-0.1, -0.05) is 12.1 Å². The lowest BCUT2D eigenvalue weighted by atomic mass is 9.89. The van der Waals surface area contributed by atoms with E-state index in [9.17, 15) is 9.59 Å². The number of ether oxygens (including phenoxy) is 3. The van der Waals surface area contributed by atoms with Gasteiger partial charge in [-0.2, -0.15) is 0 Å². The molecule has 2 heterocycles. The lowest BCUT2D eigenvalue weighted by Gasteiger charge is -2.44. The maximum atomic E-state index is 12.6. The van der Waals surface area contributed by atoms with Gasteiger partial charge >= 0.3 is 6.09 Å². The van der Waals surface area contributed by atoms with Crippen LogP contribution in [0.2, 0.25) is 0 Å². The molecule has 1 amide bonds. The van der Waals surface area contributed by atoms with Crippen molar-refractivity contribution in [3.8, 4) is 5.75 Å². The minimum absolute atomic E-state index is 0.0783.